The van der Waals surface area contributed by atoms with Crippen LogP contribution in [0.5, 0.6) is 0 Å². The Kier molecular flexibility index (Phi) is 4.20. The second kappa shape index (κ2) is 4.99. The minimum absolute atomic E-state index is 0.0940. The first-order chi connectivity index (χ1) is 6.61. The first kappa shape index (κ1) is 11.8. The van der Waals surface area contributed by atoms with E-state index in [1.54, 1.807) is 6.08 Å². The number of rotatable bonds is 5. The van der Waals surface area contributed by atoms with Gasteiger partial charge in [-0.3, -0.25) is 4.79 Å². The fraction of sp³-hybridized carbons (Fsp3) is 0.727. The normalized spacial score (nSPS) is 26.8. The fourth-order valence-electron chi connectivity index (χ4n) is 1.76. The van der Waals surface area contributed by atoms with Gasteiger partial charge in [0.05, 0.1) is 5.60 Å². The van der Waals surface area contributed by atoms with Gasteiger partial charge in [0.15, 0.2) is 5.78 Å². The summed E-state index contributed by atoms with van der Waals surface area (Å²) in [5.74, 6) is 0.0940. The third-order valence-corrected chi connectivity index (χ3v) is 3.36. The van der Waals surface area contributed by atoms with Crippen molar-refractivity contribution in [2.75, 3.05) is 6.26 Å². The molecule has 0 aromatic carbocycles. The highest BCUT2D eigenvalue weighted by atomic mass is 32.2. The van der Waals surface area contributed by atoms with Gasteiger partial charge in [0, 0.05) is 11.3 Å². The van der Waals surface area contributed by atoms with Crippen molar-refractivity contribution in [2.24, 2.45) is 0 Å². The lowest BCUT2D eigenvalue weighted by molar-refractivity contribution is -0.116. The molecule has 0 saturated heterocycles. The molecule has 1 aliphatic rings. The summed E-state index contributed by atoms with van der Waals surface area (Å²) in [6.07, 6.45) is 7.89. The predicted molar refractivity (Wildman–Crippen MR) is 60.3 cm³/mol. The lowest BCUT2D eigenvalue weighted by Crippen LogP contribution is -2.24. The van der Waals surface area contributed by atoms with Crippen molar-refractivity contribution in [3.8, 4) is 0 Å². The summed E-state index contributed by atoms with van der Waals surface area (Å²) in [5, 5.41) is 10.1. The molecule has 1 atom stereocenters. The zero-order chi connectivity index (χ0) is 10.6. The number of ketones is 1. The molecular weight excluding hydrogens is 196 g/mol. The molecule has 1 rings (SSSR count). The lowest BCUT2D eigenvalue weighted by atomic mass is 9.96. The molecule has 3 heteroatoms. The van der Waals surface area contributed by atoms with Crippen LogP contribution in [0, 0.1) is 0 Å². The molecular formula is C11H18O2S. The van der Waals surface area contributed by atoms with Crippen LogP contribution < -0.4 is 0 Å². The maximum atomic E-state index is 11.4. The largest absolute Gasteiger partial charge is 0.385 e. The van der Waals surface area contributed by atoms with E-state index in [1.807, 2.05) is 6.26 Å². The van der Waals surface area contributed by atoms with Crippen molar-refractivity contribution in [3.05, 3.63) is 11.0 Å². The summed E-state index contributed by atoms with van der Waals surface area (Å²) in [6, 6.07) is 0. The maximum Gasteiger partial charge on any atom is 0.172 e. The summed E-state index contributed by atoms with van der Waals surface area (Å²) in [6.45, 7) is 2.13. The molecule has 1 N–H and O–H groups in total. The quantitative estimate of drug-likeness (QED) is 0.714. The van der Waals surface area contributed by atoms with Crippen LogP contribution in [0.1, 0.15) is 39.0 Å². The smallest absolute Gasteiger partial charge is 0.172 e. The van der Waals surface area contributed by atoms with Crippen LogP contribution in [-0.2, 0) is 4.79 Å². The van der Waals surface area contributed by atoms with Crippen molar-refractivity contribution in [1.29, 1.82) is 0 Å². The number of unbranched alkanes of at least 4 members (excludes halogenated alkanes) is 2. The van der Waals surface area contributed by atoms with Crippen LogP contribution >= 0.6 is 11.8 Å². The monoisotopic (exact) mass is 214 g/mol. The number of Topliss-reactive ketones (excluding diaryl/α,β-unsaturated/α-hetero) is 1. The maximum absolute atomic E-state index is 11.4. The SMILES string of the molecule is CCCCCC1(O)C=C(SC)C(=O)C1. The molecule has 0 radical (unpaired) electrons. The van der Waals surface area contributed by atoms with E-state index >= 15 is 0 Å². The van der Waals surface area contributed by atoms with Crippen LogP contribution in [0.15, 0.2) is 11.0 Å². The molecule has 2 nitrogen and oxygen atoms in total. The fourth-order valence-corrected chi connectivity index (χ4v) is 2.39. The van der Waals surface area contributed by atoms with E-state index in [0.29, 0.717) is 0 Å². The second-order valence-electron chi connectivity index (χ2n) is 3.87. The van der Waals surface area contributed by atoms with Gasteiger partial charge in [-0.25, -0.2) is 0 Å². The number of allylic oxidation sites excluding steroid dienone is 1. The number of hydrogen-bond acceptors (Lipinski definition) is 3. The molecule has 80 valence electrons. The Morgan fingerprint density at radius 1 is 1.57 bits per heavy atom. The summed E-state index contributed by atoms with van der Waals surface area (Å²) < 4.78 is 0. The average Bonchev–Trinajstić information content (AvgIpc) is 2.42. The van der Waals surface area contributed by atoms with Gasteiger partial charge in [0.2, 0.25) is 0 Å². The Labute approximate surface area is 89.8 Å². The summed E-state index contributed by atoms with van der Waals surface area (Å²) in [5.41, 5.74) is -0.843. The highest BCUT2D eigenvalue weighted by Gasteiger charge is 2.35. The van der Waals surface area contributed by atoms with E-state index in [2.05, 4.69) is 6.92 Å². The Hall–Kier alpha value is -0.280. The number of hydrogen-bond donors (Lipinski definition) is 1. The van der Waals surface area contributed by atoms with Gasteiger partial charge in [-0.15, -0.1) is 11.8 Å². The highest BCUT2D eigenvalue weighted by Crippen LogP contribution is 2.34. The topological polar surface area (TPSA) is 37.3 Å². The first-order valence-corrected chi connectivity index (χ1v) is 6.36. The molecule has 1 unspecified atom stereocenters. The molecule has 1 aliphatic carbocycles. The van der Waals surface area contributed by atoms with Crippen molar-refractivity contribution in [2.45, 2.75) is 44.6 Å². The van der Waals surface area contributed by atoms with Gasteiger partial charge < -0.3 is 5.11 Å². The minimum atomic E-state index is -0.843. The number of carbonyl (C=O) groups excluding carboxylic acids is 1. The molecule has 0 spiro atoms. The third-order valence-electron chi connectivity index (χ3n) is 2.57. The summed E-state index contributed by atoms with van der Waals surface area (Å²) in [7, 11) is 0. The molecule has 0 fully saturated rings. The van der Waals surface area contributed by atoms with E-state index in [9.17, 15) is 9.90 Å². The van der Waals surface area contributed by atoms with E-state index in [4.69, 9.17) is 0 Å². The van der Waals surface area contributed by atoms with E-state index in [0.717, 1.165) is 30.6 Å². The Morgan fingerprint density at radius 2 is 2.29 bits per heavy atom. The van der Waals surface area contributed by atoms with Gasteiger partial charge in [-0.05, 0) is 18.8 Å². The van der Waals surface area contributed by atoms with Gasteiger partial charge in [0.25, 0.3) is 0 Å². The van der Waals surface area contributed by atoms with Crippen LogP contribution in [0.4, 0.5) is 0 Å². The zero-order valence-corrected chi connectivity index (χ0v) is 9.69. The Balaban J connectivity index is 2.51. The number of aliphatic hydroxyl groups is 1. The summed E-state index contributed by atoms with van der Waals surface area (Å²) >= 11 is 1.43. The van der Waals surface area contributed by atoms with Crippen LogP contribution in [-0.4, -0.2) is 22.7 Å². The van der Waals surface area contributed by atoms with Crippen molar-refractivity contribution in [1.82, 2.24) is 0 Å². The number of carbonyl (C=O) groups is 1. The molecule has 0 aromatic rings. The van der Waals surface area contributed by atoms with Crippen molar-refractivity contribution in [3.63, 3.8) is 0 Å². The predicted octanol–water partition coefficient (Wildman–Crippen LogP) is 2.52. The summed E-state index contributed by atoms with van der Waals surface area (Å²) in [4.78, 5) is 12.1. The molecule has 0 aromatic heterocycles. The minimum Gasteiger partial charge on any atom is -0.385 e. The van der Waals surface area contributed by atoms with Gasteiger partial charge in [-0.2, -0.15) is 0 Å². The molecule has 0 aliphatic heterocycles. The Morgan fingerprint density at radius 3 is 2.79 bits per heavy atom. The van der Waals surface area contributed by atoms with E-state index in [1.165, 1.54) is 11.8 Å². The molecule has 0 heterocycles. The number of thioether (sulfide) groups is 1. The molecule has 0 bridgehead atoms. The van der Waals surface area contributed by atoms with E-state index in [-0.39, 0.29) is 12.2 Å². The standard InChI is InChI=1S/C11H18O2S/c1-3-4-5-6-11(13)7-9(12)10(8-11)14-2/h8,13H,3-7H2,1-2H3. The highest BCUT2D eigenvalue weighted by molar-refractivity contribution is 8.03. The van der Waals surface area contributed by atoms with Gasteiger partial charge >= 0.3 is 0 Å². The van der Waals surface area contributed by atoms with Gasteiger partial charge in [-0.1, -0.05) is 26.2 Å². The Bertz CT molecular complexity index is 248. The zero-order valence-electron chi connectivity index (χ0n) is 8.88. The molecule has 0 amide bonds. The van der Waals surface area contributed by atoms with Crippen molar-refractivity contribution < 1.29 is 9.90 Å². The lowest BCUT2D eigenvalue weighted by Gasteiger charge is -2.18. The average molecular weight is 214 g/mol. The van der Waals surface area contributed by atoms with Gasteiger partial charge in [0.1, 0.15) is 0 Å². The molecule has 0 saturated carbocycles. The third kappa shape index (κ3) is 2.85. The van der Waals surface area contributed by atoms with Crippen LogP contribution in [0.2, 0.25) is 0 Å². The van der Waals surface area contributed by atoms with Crippen LogP contribution in [0.3, 0.4) is 0 Å². The van der Waals surface area contributed by atoms with Crippen LogP contribution in [0.25, 0.3) is 0 Å². The van der Waals surface area contributed by atoms with Crippen molar-refractivity contribution >= 4 is 17.5 Å². The second-order valence-corrected chi connectivity index (χ2v) is 4.72. The molecule has 14 heavy (non-hydrogen) atoms. The van der Waals surface area contributed by atoms with E-state index < -0.39 is 5.60 Å². The first-order valence-electron chi connectivity index (χ1n) is 5.14.